The Labute approximate surface area is 117 Å². The van der Waals surface area contributed by atoms with Crippen LogP contribution in [0.1, 0.15) is 36.8 Å². The standard InChI is InChI=1S/C14H15N5O/c1-14(2,3)19-9-10(7-15)6-12(19)18-13(20)11-8-16-4-5-17-11/h4-6,8-9H,1-3H3,(H,18,20). The van der Waals surface area contributed by atoms with Crippen LogP contribution < -0.4 is 5.32 Å². The van der Waals surface area contributed by atoms with E-state index in [0.29, 0.717) is 11.4 Å². The topological polar surface area (TPSA) is 83.6 Å². The number of anilines is 1. The third kappa shape index (κ3) is 2.83. The summed E-state index contributed by atoms with van der Waals surface area (Å²) in [5.41, 5.74) is 0.474. The number of amides is 1. The number of aromatic nitrogens is 3. The second-order valence-electron chi connectivity index (χ2n) is 5.31. The summed E-state index contributed by atoms with van der Waals surface area (Å²) in [5.74, 6) is 0.205. The van der Waals surface area contributed by atoms with Gasteiger partial charge in [0.2, 0.25) is 0 Å². The van der Waals surface area contributed by atoms with Gasteiger partial charge in [0.1, 0.15) is 17.6 Å². The van der Waals surface area contributed by atoms with Crippen molar-refractivity contribution in [3.05, 3.63) is 42.1 Å². The Morgan fingerprint density at radius 2 is 2.15 bits per heavy atom. The fourth-order valence-electron chi connectivity index (χ4n) is 1.77. The van der Waals surface area contributed by atoms with E-state index in [1.807, 2.05) is 25.3 Å². The summed E-state index contributed by atoms with van der Waals surface area (Å²) < 4.78 is 1.85. The predicted molar refractivity (Wildman–Crippen MR) is 74.1 cm³/mol. The van der Waals surface area contributed by atoms with E-state index >= 15 is 0 Å². The molecule has 2 aromatic rings. The molecule has 0 unspecified atom stereocenters. The third-order valence-corrected chi connectivity index (χ3v) is 2.71. The zero-order chi connectivity index (χ0) is 14.8. The molecule has 1 N–H and O–H groups in total. The zero-order valence-corrected chi connectivity index (χ0v) is 11.6. The van der Waals surface area contributed by atoms with E-state index in [2.05, 4.69) is 21.4 Å². The largest absolute Gasteiger partial charge is 0.328 e. The maximum atomic E-state index is 12.1. The number of carbonyl (C=O) groups excluding carboxylic acids is 1. The van der Waals surface area contributed by atoms with Crippen molar-refractivity contribution < 1.29 is 4.79 Å². The van der Waals surface area contributed by atoms with Gasteiger partial charge < -0.3 is 9.88 Å². The van der Waals surface area contributed by atoms with Gasteiger partial charge in [-0.05, 0) is 26.8 Å². The van der Waals surface area contributed by atoms with Gasteiger partial charge in [-0.15, -0.1) is 0 Å². The number of hydrogen-bond donors (Lipinski definition) is 1. The average Bonchev–Trinajstić information content (AvgIpc) is 2.83. The van der Waals surface area contributed by atoms with Gasteiger partial charge >= 0.3 is 0 Å². The van der Waals surface area contributed by atoms with E-state index in [9.17, 15) is 4.79 Å². The summed E-state index contributed by atoms with van der Waals surface area (Å²) in [4.78, 5) is 19.9. The minimum Gasteiger partial charge on any atom is -0.328 e. The Morgan fingerprint density at radius 3 is 2.70 bits per heavy atom. The molecule has 1 amide bonds. The molecule has 0 atom stereocenters. The number of rotatable bonds is 2. The van der Waals surface area contributed by atoms with Crippen LogP contribution in [0.25, 0.3) is 0 Å². The fraction of sp³-hybridized carbons (Fsp3) is 0.286. The summed E-state index contributed by atoms with van der Waals surface area (Å²) in [6.07, 6.45) is 6.07. The zero-order valence-electron chi connectivity index (χ0n) is 11.6. The molecule has 20 heavy (non-hydrogen) atoms. The highest BCUT2D eigenvalue weighted by Crippen LogP contribution is 2.24. The molecule has 0 aliphatic rings. The first-order chi connectivity index (χ1) is 9.41. The average molecular weight is 269 g/mol. The Hall–Kier alpha value is -2.68. The van der Waals surface area contributed by atoms with Crippen molar-refractivity contribution in [2.24, 2.45) is 0 Å². The van der Waals surface area contributed by atoms with E-state index in [4.69, 9.17) is 5.26 Å². The van der Waals surface area contributed by atoms with Crippen molar-refractivity contribution in [2.75, 3.05) is 5.32 Å². The second-order valence-corrected chi connectivity index (χ2v) is 5.31. The molecule has 0 fully saturated rings. The van der Waals surface area contributed by atoms with Gasteiger partial charge in [-0.25, -0.2) is 4.98 Å². The lowest BCUT2D eigenvalue weighted by molar-refractivity contribution is 0.102. The molecule has 0 spiro atoms. The Balaban J connectivity index is 2.32. The normalized spacial score (nSPS) is 10.9. The van der Waals surface area contributed by atoms with E-state index in [0.717, 1.165) is 0 Å². The highest BCUT2D eigenvalue weighted by molar-refractivity contribution is 6.02. The van der Waals surface area contributed by atoms with Crippen LogP contribution in [0.4, 0.5) is 5.82 Å². The lowest BCUT2D eigenvalue weighted by atomic mass is 10.1. The van der Waals surface area contributed by atoms with Gasteiger partial charge in [-0.3, -0.25) is 9.78 Å². The van der Waals surface area contributed by atoms with Gasteiger partial charge in [-0.2, -0.15) is 5.26 Å². The number of carbonyl (C=O) groups is 1. The predicted octanol–water partition coefficient (Wildman–Crippen LogP) is 2.16. The fourth-order valence-corrected chi connectivity index (χ4v) is 1.77. The molecule has 0 aliphatic carbocycles. The van der Waals surface area contributed by atoms with Crippen LogP contribution in [0.15, 0.2) is 30.9 Å². The molecule has 0 saturated heterocycles. The summed E-state index contributed by atoms with van der Waals surface area (Å²) >= 11 is 0. The van der Waals surface area contributed by atoms with Crippen molar-refractivity contribution >= 4 is 11.7 Å². The van der Waals surface area contributed by atoms with E-state index in [-0.39, 0.29) is 17.1 Å². The van der Waals surface area contributed by atoms with Crippen LogP contribution in [-0.2, 0) is 5.54 Å². The number of nitrogens with zero attached hydrogens (tertiary/aromatic N) is 4. The van der Waals surface area contributed by atoms with Gasteiger partial charge in [0.15, 0.2) is 0 Å². The molecule has 6 nitrogen and oxygen atoms in total. The van der Waals surface area contributed by atoms with Crippen molar-refractivity contribution in [1.29, 1.82) is 5.26 Å². The van der Waals surface area contributed by atoms with Crippen LogP contribution in [-0.4, -0.2) is 20.4 Å². The number of nitriles is 1. The van der Waals surface area contributed by atoms with Crippen LogP contribution in [0.3, 0.4) is 0 Å². The second kappa shape index (κ2) is 5.13. The molecule has 6 heteroatoms. The lowest BCUT2D eigenvalue weighted by Crippen LogP contribution is -2.25. The van der Waals surface area contributed by atoms with Crippen LogP contribution in [0.5, 0.6) is 0 Å². The van der Waals surface area contributed by atoms with Crippen LogP contribution in [0, 0.1) is 11.3 Å². The molecule has 2 heterocycles. The summed E-state index contributed by atoms with van der Waals surface area (Å²) in [7, 11) is 0. The highest BCUT2D eigenvalue weighted by atomic mass is 16.2. The first-order valence-electron chi connectivity index (χ1n) is 6.12. The SMILES string of the molecule is CC(C)(C)n1cc(C#N)cc1NC(=O)c1cnccn1. The van der Waals surface area contributed by atoms with Crippen molar-refractivity contribution in [2.45, 2.75) is 26.3 Å². The van der Waals surface area contributed by atoms with E-state index in [1.165, 1.54) is 18.6 Å². The molecule has 0 saturated carbocycles. The Kier molecular flexibility index (Phi) is 3.53. The lowest BCUT2D eigenvalue weighted by Gasteiger charge is -2.24. The Bertz CT molecular complexity index is 661. The maximum absolute atomic E-state index is 12.1. The minimum absolute atomic E-state index is 0.229. The minimum atomic E-state index is -0.355. The summed E-state index contributed by atoms with van der Waals surface area (Å²) in [5, 5.41) is 11.8. The van der Waals surface area contributed by atoms with Crippen molar-refractivity contribution in [3.63, 3.8) is 0 Å². The van der Waals surface area contributed by atoms with E-state index < -0.39 is 0 Å². The number of nitrogens with one attached hydrogen (secondary N) is 1. The van der Waals surface area contributed by atoms with E-state index in [1.54, 1.807) is 12.3 Å². The third-order valence-electron chi connectivity index (χ3n) is 2.71. The highest BCUT2D eigenvalue weighted by Gasteiger charge is 2.19. The van der Waals surface area contributed by atoms with Crippen LogP contribution >= 0.6 is 0 Å². The maximum Gasteiger partial charge on any atom is 0.276 e. The Morgan fingerprint density at radius 1 is 1.40 bits per heavy atom. The van der Waals surface area contributed by atoms with Crippen LogP contribution in [0.2, 0.25) is 0 Å². The van der Waals surface area contributed by atoms with Gasteiger partial charge in [0, 0.05) is 24.1 Å². The molecule has 102 valence electrons. The quantitative estimate of drug-likeness (QED) is 0.905. The monoisotopic (exact) mass is 269 g/mol. The summed E-state index contributed by atoms with van der Waals surface area (Å²) in [6, 6.07) is 3.71. The first kappa shape index (κ1) is 13.7. The van der Waals surface area contributed by atoms with Gasteiger partial charge in [0.25, 0.3) is 5.91 Å². The molecule has 0 aliphatic heterocycles. The molecule has 2 rings (SSSR count). The molecule has 0 bridgehead atoms. The van der Waals surface area contributed by atoms with Crippen molar-refractivity contribution in [1.82, 2.24) is 14.5 Å². The molecular weight excluding hydrogens is 254 g/mol. The number of hydrogen-bond acceptors (Lipinski definition) is 4. The van der Waals surface area contributed by atoms with Gasteiger partial charge in [-0.1, -0.05) is 0 Å². The first-order valence-corrected chi connectivity index (χ1v) is 6.12. The van der Waals surface area contributed by atoms with Gasteiger partial charge in [0.05, 0.1) is 11.8 Å². The molecule has 0 aromatic carbocycles. The molecular formula is C14H15N5O. The molecule has 2 aromatic heterocycles. The van der Waals surface area contributed by atoms with Crippen molar-refractivity contribution in [3.8, 4) is 6.07 Å². The molecule has 0 radical (unpaired) electrons. The smallest absolute Gasteiger partial charge is 0.276 e. The summed E-state index contributed by atoms with van der Waals surface area (Å²) in [6.45, 7) is 5.98.